The van der Waals surface area contributed by atoms with Crippen molar-refractivity contribution >= 4 is 11.6 Å². The number of aliphatic imine (C=N–C) groups is 1. The van der Waals surface area contributed by atoms with E-state index in [1.54, 1.807) is 19.1 Å². The Kier molecular flexibility index (Phi) is 7.26. The Morgan fingerprint density at radius 1 is 1.17 bits per heavy atom. The van der Waals surface area contributed by atoms with E-state index in [1.165, 1.54) is 24.3 Å². The van der Waals surface area contributed by atoms with Crippen LogP contribution in [0.1, 0.15) is 35.4 Å². The third-order valence-corrected chi connectivity index (χ3v) is 5.29. The second-order valence-corrected chi connectivity index (χ2v) is 7.63. The highest BCUT2D eigenvalue weighted by molar-refractivity contribution is 5.92. The largest absolute Gasteiger partial charge is 0.396 e. The molecular weight excluding hydrogens is 393 g/mol. The molecule has 0 amide bonds. The maximum absolute atomic E-state index is 14.6. The van der Waals surface area contributed by atoms with E-state index in [0.717, 1.165) is 0 Å². The fourth-order valence-corrected chi connectivity index (χ4v) is 3.86. The number of halogens is 3. The molecule has 0 saturated heterocycles. The van der Waals surface area contributed by atoms with Gasteiger partial charge in [-0.3, -0.25) is 9.79 Å². The highest BCUT2D eigenvalue weighted by atomic mass is 19.1. The van der Waals surface area contributed by atoms with Crippen molar-refractivity contribution in [1.82, 2.24) is 5.32 Å². The number of aliphatic hydroxyl groups excluding tert-OH is 1. The molecule has 1 heterocycles. The van der Waals surface area contributed by atoms with Crippen molar-refractivity contribution in [3.8, 4) is 0 Å². The van der Waals surface area contributed by atoms with Gasteiger partial charge in [-0.1, -0.05) is 12.1 Å². The molecule has 2 aromatic carbocycles. The smallest absolute Gasteiger partial charge is 0.138 e. The van der Waals surface area contributed by atoms with Crippen LogP contribution in [-0.4, -0.2) is 36.4 Å². The lowest BCUT2D eigenvalue weighted by molar-refractivity contribution is -0.119. The van der Waals surface area contributed by atoms with Crippen LogP contribution in [0.5, 0.6) is 0 Å². The van der Waals surface area contributed by atoms with Crippen molar-refractivity contribution in [2.24, 2.45) is 10.9 Å². The molecule has 0 saturated carbocycles. The van der Waals surface area contributed by atoms with Crippen LogP contribution in [0.25, 0.3) is 0 Å². The Labute approximate surface area is 173 Å². The van der Waals surface area contributed by atoms with Gasteiger partial charge in [0.1, 0.15) is 29.1 Å². The highest BCUT2D eigenvalue weighted by Gasteiger charge is 2.37. The van der Waals surface area contributed by atoms with Gasteiger partial charge in [0.15, 0.2) is 0 Å². The molecule has 1 aliphatic heterocycles. The maximum atomic E-state index is 14.6. The second kappa shape index (κ2) is 9.89. The van der Waals surface area contributed by atoms with Gasteiger partial charge in [-0.15, -0.1) is 0 Å². The summed E-state index contributed by atoms with van der Waals surface area (Å²) in [4.78, 5) is 17.1. The van der Waals surface area contributed by atoms with E-state index in [4.69, 9.17) is 5.11 Å². The first kappa shape index (κ1) is 22.0. The summed E-state index contributed by atoms with van der Waals surface area (Å²) in [6, 6.07) is 8.25. The average Bonchev–Trinajstić information content (AvgIpc) is 3.05. The van der Waals surface area contributed by atoms with E-state index in [-0.39, 0.29) is 43.2 Å². The number of aryl methyl sites for hydroxylation is 1. The van der Waals surface area contributed by atoms with Crippen LogP contribution >= 0.6 is 0 Å². The highest BCUT2D eigenvalue weighted by Crippen LogP contribution is 2.36. The number of hydrogen-bond acceptors (Lipinski definition) is 4. The zero-order valence-electron chi connectivity index (χ0n) is 16.8. The number of amidine groups is 1. The molecule has 2 N–H and O–H groups in total. The van der Waals surface area contributed by atoms with E-state index in [9.17, 15) is 18.0 Å². The van der Waals surface area contributed by atoms with Crippen LogP contribution in [0.15, 0.2) is 41.4 Å². The average molecular weight is 418 g/mol. The molecule has 0 unspecified atom stereocenters. The lowest BCUT2D eigenvalue weighted by atomic mass is 9.82. The van der Waals surface area contributed by atoms with Gasteiger partial charge >= 0.3 is 0 Å². The minimum Gasteiger partial charge on any atom is -0.396 e. The molecule has 2 atom stereocenters. The first-order valence-corrected chi connectivity index (χ1v) is 9.99. The number of carbonyl (C=O) groups excluding carboxylic acids is 1. The summed E-state index contributed by atoms with van der Waals surface area (Å²) in [5.41, 5.74) is 1.11. The third kappa shape index (κ3) is 5.27. The van der Waals surface area contributed by atoms with Gasteiger partial charge in [0.05, 0.1) is 0 Å². The summed E-state index contributed by atoms with van der Waals surface area (Å²) in [5, 5.41) is 12.1. The molecule has 3 rings (SSSR count). The van der Waals surface area contributed by atoms with Gasteiger partial charge in [-0.05, 0) is 48.7 Å². The maximum Gasteiger partial charge on any atom is 0.138 e. The molecule has 0 radical (unpaired) electrons. The van der Waals surface area contributed by atoms with Crippen molar-refractivity contribution < 1.29 is 23.1 Å². The molecule has 0 aromatic heterocycles. The second-order valence-electron chi connectivity index (χ2n) is 7.63. The number of nitrogens with zero attached hydrogens (tertiary/aromatic N) is 1. The van der Waals surface area contributed by atoms with Crippen LogP contribution in [0, 0.1) is 30.3 Å². The van der Waals surface area contributed by atoms with E-state index in [0.29, 0.717) is 29.9 Å². The number of benzene rings is 2. The number of Topliss-reactive ketones (excluding diaryl/α,β-unsaturated/α-hetero) is 1. The molecule has 30 heavy (non-hydrogen) atoms. The number of aliphatic hydroxyl groups is 1. The van der Waals surface area contributed by atoms with Crippen molar-refractivity contribution in [2.45, 2.75) is 32.1 Å². The molecule has 0 bridgehead atoms. The lowest BCUT2D eigenvalue weighted by Crippen LogP contribution is -2.34. The van der Waals surface area contributed by atoms with E-state index in [1.807, 2.05) is 0 Å². The van der Waals surface area contributed by atoms with E-state index >= 15 is 0 Å². The molecule has 0 aliphatic carbocycles. The van der Waals surface area contributed by atoms with Gasteiger partial charge in [0.2, 0.25) is 0 Å². The van der Waals surface area contributed by atoms with Gasteiger partial charge in [-0.25, -0.2) is 13.2 Å². The summed E-state index contributed by atoms with van der Waals surface area (Å²) in [5.74, 6) is -2.35. The third-order valence-electron chi connectivity index (χ3n) is 5.29. The summed E-state index contributed by atoms with van der Waals surface area (Å²) in [6.45, 7) is 2.24. The molecule has 0 spiro atoms. The Balaban J connectivity index is 1.81. The zero-order chi connectivity index (χ0) is 21.7. The fourth-order valence-electron chi connectivity index (χ4n) is 3.86. The molecule has 1 aliphatic rings. The first-order valence-electron chi connectivity index (χ1n) is 9.99. The summed E-state index contributed by atoms with van der Waals surface area (Å²) >= 11 is 0. The molecular formula is C23H25F3N2O2. The predicted octanol–water partition coefficient (Wildman–Crippen LogP) is 3.70. The number of hydrogen-bond donors (Lipinski definition) is 2. The topological polar surface area (TPSA) is 61.7 Å². The molecule has 2 aromatic rings. The summed E-state index contributed by atoms with van der Waals surface area (Å²) in [7, 11) is 0. The summed E-state index contributed by atoms with van der Waals surface area (Å²) < 4.78 is 42.4. The number of ketones is 1. The van der Waals surface area contributed by atoms with Gasteiger partial charge < -0.3 is 10.4 Å². The minimum atomic E-state index is -0.639. The van der Waals surface area contributed by atoms with Crippen LogP contribution in [-0.2, 0) is 11.2 Å². The van der Waals surface area contributed by atoms with E-state index in [2.05, 4.69) is 10.3 Å². The van der Waals surface area contributed by atoms with Crippen LogP contribution in [0.4, 0.5) is 13.2 Å². The molecule has 160 valence electrons. The number of nitrogens with one attached hydrogen (secondary N) is 1. The predicted molar refractivity (Wildman–Crippen MR) is 109 cm³/mol. The Morgan fingerprint density at radius 3 is 2.47 bits per heavy atom. The zero-order valence-corrected chi connectivity index (χ0v) is 16.8. The molecule has 4 nitrogen and oxygen atoms in total. The fraction of sp³-hybridized carbons (Fsp3) is 0.391. The quantitative estimate of drug-likeness (QED) is 0.643. The standard InChI is InChI=1S/C23H25F3N2O2/c1-14-9-20(25)22(21(26)10-14)19-13-28-23(27-7-2-8-29)18(19)12-17(30)11-15-3-5-16(24)6-4-15/h3-6,9-10,18-19,29H,2,7-8,11-13H2,1H3,(H,27,28)/t18-,19+/m0/s1. The SMILES string of the molecule is Cc1cc(F)c([C@@H]2CN=C(NCCCO)[C@H]2CC(=O)Cc2ccc(F)cc2)c(F)c1. The van der Waals surface area contributed by atoms with Crippen LogP contribution in [0.3, 0.4) is 0 Å². The Hall–Kier alpha value is -2.67. The first-order chi connectivity index (χ1) is 14.4. The Morgan fingerprint density at radius 2 is 1.83 bits per heavy atom. The lowest BCUT2D eigenvalue weighted by Gasteiger charge is -2.23. The van der Waals surface area contributed by atoms with E-state index < -0.39 is 23.5 Å². The van der Waals surface area contributed by atoms with Gasteiger partial charge in [0, 0.05) is 49.9 Å². The number of rotatable bonds is 8. The van der Waals surface area contributed by atoms with Crippen molar-refractivity contribution in [3.63, 3.8) is 0 Å². The molecule has 0 fully saturated rings. The summed E-state index contributed by atoms with van der Waals surface area (Å²) in [6.07, 6.45) is 0.652. The van der Waals surface area contributed by atoms with Crippen LogP contribution < -0.4 is 5.32 Å². The van der Waals surface area contributed by atoms with Crippen molar-refractivity contribution in [2.75, 3.05) is 19.7 Å². The van der Waals surface area contributed by atoms with Crippen molar-refractivity contribution in [3.05, 3.63) is 70.5 Å². The van der Waals surface area contributed by atoms with Gasteiger partial charge in [0.25, 0.3) is 0 Å². The van der Waals surface area contributed by atoms with Crippen LogP contribution in [0.2, 0.25) is 0 Å². The minimum absolute atomic E-state index is 0.000902. The molecule has 7 heteroatoms. The number of carbonyl (C=O) groups is 1. The van der Waals surface area contributed by atoms with Crippen molar-refractivity contribution in [1.29, 1.82) is 0 Å². The monoisotopic (exact) mass is 418 g/mol. The normalized spacial score (nSPS) is 18.4. The Bertz CT molecular complexity index is 906. The van der Waals surface area contributed by atoms with Gasteiger partial charge in [-0.2, -0.15) is 0 Å².